The molecule has 2 aromatic heterocycles. The van der Waals surface area contributed by atoms with Gasteiger partial charge in [0.15, 0.2) is 0 Å². The number of aromatic amines is 1. The number of carbonyl (C=O) groups excluding carboxylic acids is 1. The quantitative estimate of drug-likeness (QED) is 0.505. The van der Waals surface area contributed by atoms with Crippen LogP contribution < -0.4 is 21.1 Å². The zero-order valence-corrected chi connectivity index (χ0v) is 19.9. The van der Waals surface area contributed by atoms with Gasteiger partial charge in [-0.15, -0.1) is 0 Å². The molecule has 37 heavy (non-hydrogen) atoms. The number of anilines is 2. The molecule has 2 aliphatic heterocycles. The van der Waals surface area contributed by atoms with Crippen LogP contribution in [0.4, 0.5) is 24.7 Å². The van der Waals surface area contributed by atoms with Gasteiger partial charge in [-0.3, -0.25) is 9.59 Å². The molecule has 198 valence electrons. The molecule has 0 aliphatic carbocycles. The number of halogens is 3. The van der Waals surface area contributed by atoms with Gasteiger partial charge in [-0.25, -0.2) is 10.1 Å². The molecule has 0 unspecified atom stereocenters. The largest absolute Gasteiger partial charge is 0.423 e. The number of nitrogens with one attached hydrogen (secondary N) is 1. The molecule has 14 heteroatoms. The van der Waals surface area contributed by atoms with Gasteiger partial charge in [0.1, 0.15) is 17.5 Å². The summed E-state index contributed by atoms with van der Waals surface area (Å²) in [4.78, 5) is 33.9. The van der Waals surface area contributed by atoms with Crippen LogP contribution in [-0.2, 0) is 15.7 Å². The molecule has 2 aromatic rings. The molecule has 0 radical (unpaired) electrons. The topological polar surface area (TPSA) is 144 Å². The minimum absolute atomic E-state index is 0.0587. The number of ether oxygens (including phenoxy) is 1. The van der Waals surface area contributed by atoms with Crippen molar-refractivity contribution in [2.24, 2.45) is 5.73 Å². The molecule has 2 atom stereocenters. The fourth-order valence-electron chi connectivity index (χ4n) is 4.65. The lowest BCUT2D eigenvalue weighted by Gasteiger charge is -2.35. The van der Waals surface area contributed by atoms with Crippen molar-refractivity contribution in [1.82, 2.24) is 20.1 Å². The van der Waals surface area contributed by atoms with E-state index in [1.165, 1.54) is 11.1 Å². The predicted molar refractivity (Wildman–Crippen MR) is 127 cm³/mol. The van der Waals surface area contributed by atoms with Gasteiger partial charge in [0.05, 0.1) is 43.1 Å². The molecular formula is C23H27F3N8O3. The molecule has 2 fully saturated rings. The van der Waals surface area contributed by atoms with Gasteiger partial charge in [0.2, 0.25) is 5.91 Å². The van der Waals surface area contributed by atoms with E-state index in [9.17, 15) is 22.8 Å². The number of rotatable bonds is 7. The van der Waals surface area contributed by atoms with Gasteiger partial charge >= 0.3 is 6.18 Å². The maximum Gasteiger partial charge on any atom is 0.423 e. The molecule has 4 heterocycles. The number of piperazine rings is 1. The Labute approximate surface area is 210 Å². The molecule has 4 rings (SSSR count). The fourth-order valence-corrected chi connectivity index (χ4v) is 4.65. The number of carbonyl (C=O) groups is 1. The highest BCUT2D eigenvalue weighted by Crippen LogP contribution is 2.36. The van der Waals surface area contributed by atoms with Crippen LogP contribution in [0.3, 0.4) is 0 Å². The number of pyridine rings is 1. The summed E-state index contributed by atoms with van der Waals surface area (Å²) in [5.41, 5.74) is 3.52. The highest BCUT2D eigenvalue weighted by atomic mass is 19.4. The number of nitrogens with zero attached hydrogens (tertiary/aromatic N) is 6. The van der Waals surface area contributed by atoms with Crippen molar-refractivity contribution in [3.05, 3.63) is 46.0 Å². The summed E-state index contributed by atoms with van der Waals surface area (Å²) in [6, 6.07) is 4.63. The molecule has 11 nitrogen and oxygen atoms in total. The van der Waals surface area contributed by atoms with E-state index < -0.39 is 29.4 Å². The lowest BCUT2D eigenvalue weighted by atomic mass is 10.1. The lowest BCUT2D eigenvalue weighted by molar-refractivity contribution is -0.138. The van der Waals surface area contributed by atoms with Crippen LogP contribution in [0, 0.1) is 11.3 Å². The van der Waals surface area contributed by atoms with Crippen LogP contribution in [0.15, 0.2) is 29.3 Å². The van der Waals surface area contributed by atoms with Crippen LogP contribution >= 0.6 is 0 Å². The van der Waals surface area contributed by atoms with E-state index in [0.29, 0.717) is 38.2 Å². The summed E-state index contributed by atoms with van der Waals surface area (Å²) in [5.74, 6) is 0.670. The minimum Gasteiger partial charge on any atom is -0.379 e. The summed E-state index contributed by atoms with van der Waals surface area (Å²) in [5, 5.41) is 14.3. The highest BCUT2D eigenvalue weighted by Gasteiger charge is 2.41. The van der Waals surface area contributed by atoms with Gasteiger partial charge in [-0.2, -0.15) is 23.5 Å². The number of nitriles is 1. The first-order valence-electron chi connectivity index (χ1n) is 11.8. The van der Waals surface area contributed by atoms with Crippen LogP contribution in [0.1, 0.15) is 24.0 Å². The Hall–Kier alpha value is -3.70. The van der Waals surface area contributed by atoms with Gasteiger partial charge in [-0.1, -0.05) is 0 Å². The maximum atomic E-state index is 13.5. The van der Waals surface area contributed by atoms with Crippen molar-refractivity contribution < 1.29 is 22.7 Å². The Balaban J connectivity index is 1.26. The van der Waals surface area contributed by atoms with Crippen molar-refractivity contribution in [1.29, 1.82) is 5.26 Å². The normalized spacial score (nSPS) is 20.2. The monoisotopic (exact) mass is 520 g/mol. The summed E-state index contributed by atoms with van der Waals surface area (Å²) in [7, 11) is 0. The number of alkyl halides is 3. The number of H-pyrrole nitrogens is 1. The molecule has 1 amide bonds. The highest BCUT2D eigenvalue weighted by molar-refractivity contribution is 5.76. The van der Waals surface area contributed by atoms with Gasteiger partial charge in [0.25, 0.3) is 5.56 Å². The van der Waals surface area contributed by atoms with Crippen molar-refractivity contribution in [2.45, 2.75) is 31.1 Å². The second-order valence-corrected chi connectivity index (χ2v) is 8.97. The third kappa shape index (κ3) is 6.17. The number of amides is 1. The van der Waals surface area contributed by atoms with Crippen molar-refractivity contribution in [3.8, 4) is 6.07 Å². The number of hydrogen-bond donors (Lipinski definition) is 2. The molecule has 0 spiro atoms. The second-order valence-electron chi connectivity index (χ2n) is 8.97. The van der Waals surface area contributed by atoms with Gasteiger partial charge < -0.3 is 25.2 Å². The number of nitrogens with two attached hydrogens (primary N) is 1. The van der Waals surface area contributed by atoms with Crippen LogP contribution in [0.25, 0.3) is 0 Å². The predicted octanol–water partition coefficient (Wildman–Crippen LogP) is 0.717. The van der Waals surface area contributed by atoms with Crippen molar-refractivity contribution >= 4 is 17.4 Å². The number of aromatic nitrogens is 3. The van der Waals surface area contributed by atoms with Gasteiger partial charge in [0, 0.05) is 45.0 Å². The van der Waals surface area contributed by atoms with E-state index in [0.717, 1.165) is 12.0 Å². The Morgan fingerprint density at radius 2 is 2.00 bits per heavy atom. The van der Waals surface area contributed by atoms with Crippen molar-refractivity contribution in [2.75, 3.05) is 55.7 Å². The Bertz CT molecular complexity index is 1190. The summed E-state index contributed by atoms with van der Waals surface area (Å²) >= 11 is 0. The Morgan fingerprint density at radius 3 is 2.65 bits per heavy atom. The summed E-state index contributed by atoms with van der Waals surface area (Å²) in [6.07, 6.45) is -1.85. The van der Waals surface area contributed by atoms with E-state index in [4.69, 9.17) is 15.7 Å². The van der Waals surface area contributed by atoms with Crippen molar-refractivity contribution in [3.63, 3.8) is 0 Å². The average molecular weight is 521 g/mol. The smallest absolute Gasteiger partial charge is 0.379 e. The molecular weight excluding hydrogens is 493 g/mol. The first kappa shape index (κ1) is 26.4. The SMILES string of the molecule is N#Cc1ccc(N2CCN(C(=O)CCOC[C@@H]3C[C@@H](N)CN3c3cn[nH]c(=O)c3C(F)(F)F)CC2)nc1. The van der Waals surface area contributed by atoms with Crippen LogP contribution in [0.5, 0.6) is 0 Å². The van der Waals surface area contributed by atoms with Crippen LogP contribution in [-0.4, -0.2) is 84.0 Å². The van der Waals surface area contributed by atoms with E-state index in [2.05, 4.69) is 10.1 Å². The van der Waals surface area contributed by atoms with Crippen LogP contribution in [0.2, 0.25) is 0 Å². The standard InChI is InChI=1S/C23H27F3N8O3/c24-23(25,26)21-18(12-30-31-22(21)36)34-13-16(28)9-17(34)14-37-8-3-20(35)33-6-4-32(5-7-33)19-2-1-15(10-27)11-29-19/h1-2,11-12,16-17H,3-9,13-14,28H2,(H,31,36)/t16-,17+/m1/s1. The molecule has 3 N–H and O–H groups in total. The third-order valence-corrected chi connectivity index (χ3v) is 6.48. The van der Waals surface area contributed by atoms with E-state index in [1.807, 2.05) is 16.1 Å². The Kier molecular flexibility index (Phi) is 7.94. The van der Waals surface area contributed by atoms with E-state index >= 15 is 0 Å². The van der Waals surface area contributed by atoms with E-state index in [-0.39, 0.29) is 37.8 Å². The lowest BCUT2D eigenvalue weighted by Crippen LogP contribution is -2.49. The zero-order chi connectivity index (χ0) is 26.6. The fraction of sp³-hybridized carbons (Fsp3) is 0.522. The second kappa shape index (κ2) is 11.1. The van der Waals surface area contributed by atoms with Gasteiger partial charge in [-0.05, 0) is 18.6 Å². The third-order valence-electron chi connectivity index (χ3n) is 6.48. The maximum absolute atomic E-state index is 13.5. The molecule has 0 saturated carbocycles. The van der Waals surface area contributed by atoms with E-state index in [1.54, 1.807) is 17.0 Å². The molecule has 2 saturated heterocycles. The zero-order valence-electron chi connectivity index (χ0n) is 19.9. The number of hydrogen-bond acceptors (Lipinski definition) is 9. The summed E-state index contributed by atoms with van der Waals surface area (Å²) in [6.45, 7) is 2.53. The average Bonchev–Trinajstić information content (AvgIpc) is 3.26. The molecule has 2 aliphatic rings. The first-order valence-corrected chi connectivity index (χ1v) is 11.8. The first-order chi connectivity index (χ1) is 17.7. The molecule has 0 aromatic carbocycles. The minimum atomic E-state index is -4.85. The Morgan fingerprint density at radius 1 is 1.24 bits per heavy atom. The summed E-state index contributed by atoms with van der Waals surface area (Å²) < 4.78 is 46.2. The molecule has 0 bridgehead atoms.